The van der Waals surface area contributed by atoms with Gasteiger partial charge in [0.15, 0.2) is 0 Å². The number of hydrogen-bond donors (Lipinski definition) is 1. The molecule has 3 heterocycles. The zero-order chi connectivity index (χ0) is 11.7. The van der Waals surface area contributed by atoms with Gasteiger partial charge in [-0.2, -0.15) is 0 Å². The molecule has 1 N–H and O–H groups in total. The van der Waals surface area contributed by atoms with Crippen molar-refractivity contribution in [2.24, 2.45) is 5.41 Å². The maximum Gasteiger partial charge on any atom is 0.137 e. The first-order chi connectivity index (χ1) is 8.25. The fourth-order valence-corrected chi connectivity index (χ4v) is 2.12. The number of ether oxygens (including phenoxy) is 1. The molecular formula is C13H17N3O. The summed E-state index contributed by atoms with van der Waals surface area (Å²) in [6.07, 6.45) is 4.09. The molecule has 2 aromatic rings. The minimum Gasteiger partial charge on any atom is -0.380 e. The number of fused-ring (bicyclic) bond motifs is 1. The summed E-state index contributed by atoms with van der Waals surface area (Å²) in [5.74, 6) is 0. The lowest BCUT2D eigenvalue weighted by atomic mass is 9.89. The minimum atomic E-state index is 0.319. The predicted molar refractivity (Wildman–Crippen MR) is 65.8 cm³/mol. The molecule has 1 saturated heterocycles. The van der Waals surface area contributed by atoms with E-state index in [1.807, 2.05) is 28.8 Å². The van der Waals surface area contributed by atoms with Gasteiger partial charge < -0.3 is 14.5 Å². The standard InChI is InChI=1S/C13H17N3O/c1-13(9-17-10-13)8-14-6-11-7-16-5-3-2-4-12(16)15-11/h2-5,7,14H,6,8-10H2,1H3. The monoisotopic (exact) mass is 231 g/mol. The lowest BCUT2D eigenvalue weighted by Crippen LogP contribution is -2.47. The van der Waals surface area contributed by atoms with Gasteiger partial charge in [0.25, 0.3) is 0 Å². The Morgan fingerprint density at radius 2 is 2.35 bits per heavy atom. The summed E-state index contributed by atoms with van der Waals surface area (Å²) in [7, 11) is 0. The van der Waals surface area contributed by atoms with Crippen molar-refractivity contribution in [2.45, 2.75) is 13.5 Å². The highest BCUT2D eigenvalue weighted by atomic mass is 16.5. The molecule has 4 nitrogen and oxygen atoms in total. The fraction of sp³-hybridized carbons (Fsp3) is 0.462. The van der Waals surface area contributed by atoms with Crippen molar-refractivity contribution >= 4 is 5.65 Å². The van der Waals surface area contributed by atoms with Crippen LogP contribution in [-0.2, 0) is 11.3 Å². The van der Waals surface area contributed by atoms with Crippen molar-refractivity contribution in [2.75, 3.05) is 19.8 Å². The van der Waals surface area contributed by atoms with Crippen LogP contribution >= 0.6 is 0 Å². The van der Waals surface area contributed by atoms with Gasteiger partial charge in [0.1, 0.15) is 5.65 Å². The molecule has 17 heavy (non-hydrogen) atoms. The van der Waals surface area contributed by atoms with Crippen LogP contribution in [0.25, 0.3) is 5.65 Å². The van der Waals surface area contributed by atoms with Gasteiger partial charge in [-0.1, -0.05) is 13.0 Å². The molecule has 1 aliphatic rings. The minimum absolute atomic E-state index is 0.319. The van der Waals surface area contributed by atoms with Crippen molar-refractivity contribution in [3.8, 4) is 0 Å². The topological polar surface area (TPSA) is 38.6 Å². The van der Waals surface area contributed by atoms with Crippen molar-refractivity contribution in [1.29, 1.82) is 0 Å². The molecule has 0 aromatic carbocycles. The summed E-state index contributed by atoms with van der Waals surface area (Å²) in [5.41, 5.74) is 2.40. The third-order valence-corrected chi connectivity index (χ3v) is 3.17. The van der Waals surface area contributed by atoms with Gasteiger partial charge in [-0.05, 0) is 12.1 Å². The molecule has 2 aromatic heterocycles. The summed E-state index contributed by atoms with van der Waals surface area (Å²) in [4.78, 5) is 4.55. The maximum atomic E-state index is 5.23. The first-order valence-electron chi connectivity index (χ1n) is 5.96. The molecule has 1 fully saturated rings. The Balaban J connectivity index is 1.61. The van der Waals surface area contributed by atoms with E-state index in [9.17, 15) is 0 Å². The Morgan fingerprint density at radius 1 is 1.47 bits per heavy atom. The van der Waals surface area contributed by atoms with E-state index >= 15 is 0 Å². The van der Waals surface area contributed by atoms with Gasteiger partial charge in [0.2, 0.25) is 0 Å². The van der Waals surface area contributed by atoms with Crippen LogP contribution in [0.3, 0.4) is 0 Å². The van der Waals surface area contributed by atoms with E-state index in [1.54, 1.807) is 0 Å². The van der Waals surface area contributed by atoms with Crippen LogP contribution < -0.4 is 5.32 Å². The normalized spacial score (nSPS) is 18.2. The molecule has 0 spiro atoms. The van der Waals surface area contributed by atoms with Crippen LogP contribution in [0, 0.1) is 5.41 Å². The number of aromatic nitrogens is 2. The fourth-order valence-electron chi connectivity index (χ4n) is 2.12. The summed E-state index contributed by atoms with van der Waals surface area (Å²) >= 11 is 0. The second-order valence-corrected chi connectivity index (χ2v) is 5.11. The Bertz CT molecular complexity index is 483. The van der Waals surface area contributed by atoms with Gasteiger partial charge in [-0.3, -0.25) is 0 Å². The number of imidazole rings is 1. The van der Waals surface area contributed by atoms with E-state index in [2.05, 4.69) is 23.4 Å². The Hall–Kier alpha value is -1.39. The van der Waals surface area contributed by atoms with Gasteiger partial charge in [0.05, 0.1) is 18.9 Å². The summed E-state index contributed by atoms with van der Waals surface area (Å²) in [5, 5.41) is 3.45. The van der Waals surface area contributed by atoms with E-state index in [4.69, 9.17) is 4.74 Å². The van der Waals surface area contributed by atoms with Crippen LogP contribution in [0.4, 0.5) is 0 Å². The summed E-state index contributed by atoms with van der Waals surface area (Å²) in [6.45, 7) is 5.78. The van der Waals surface area contributed by atoms with Crippen molar-refractivity contribution in [3.05, 3.63) is 36.3 Å². The number of hydrogen-bond acceptors (Lipinski definition) is 3. The van der Waals surface area contributed by atoms with Crippen molar-refractivity contribution in [3.63, 3.8) is 0 Å². The van der Waals surface area contributed by atoms with Gasteiger partial charge in [-0.15, -0.1) is 0 Å². The van der Waals surface area contributed by atoms with Crippen LogP contribution in [0.2, 0.25) is 0 Å². The second-order valence-electron chi connectivity index (χ2n) is 5.11. The Morgan fingerprint density at radius 3 is 3.06 bits per heavy atom. The largest absolute Gasteiger partial charge is 0.380 e. The molecule has 4 heteroatoms. The number of pyridine rings is 1. The summed E-state index contributed by atoms with van der Waals surface area (Å²) in [6, 6.07) is 6.04. The Kier molecular flexibility index (Phi) is 2.61. The van der Waals surface area contributed by atoms with Crippen LogP contribution in [0.15, 0.2) is 30.6 Å². The molecule has 0 atom stereocenters. The Labute approximate surface area is 101 Å². The first-order valence-corrected chi connectivity index (χ1v) is 5.96. The van der Waals surface area contributed by atoms with E-state index < -0.39 is 0 Å². The predicted octanol–water partition coefficient (Wildman–Crippen LogP) is 1.46. The quantitative estimate of drug-likeness (QED) is 0.865. The van der Waals surface area contributed by atoms with Crippen LogP contribution in [-0.4, -0.2) is 29.1 Å². The average molecular weight is 231 g/mol. The molecule has 90 valence electrons. The van der Waals surface area contributed by atoms with E-state index in [1.165, 1.54) is 0 Å². The second kappa shape index (κ2) is 4.13. The van der Waals surface area contributed by atoms with E-state index in [0.29, 0.717) is 5.41 Å². The highest BCUT2D eigenvalue weighted by Gasteiger charge is 2.32. The molecule has 3 rings (SSSR count). The number of nitrogens with one attached hydrogen (secondary N) is 1. The molecule has 0 unspecified atom stereocenters. The van der Waals surface area contributed by atoms with Gasteiger partial charge in [0, 0.05) is 30.9 Å². The lowest BCUT2D eigenvalue weighted by molar-refractivity contribution is -0.0991. The van der Waals surface area contributed by atoms with Crippen molar-refractivity contribution < 1.29 is 4.74 Å². The molecule has 1 aliphatic heterocycles. The van der Waals surface area contributed by atoms with E-state index in [-0.39, 0.29) is 0 Å². The van der Waals surface area contributed by atoms with Gasteiger partial charge in [-0.25, -0.2) is 4.98 Å². The third kappa shape index (κ3) is 2.18. The van der Waals surface area contributed by atoms with Crippen LogP contribution in [0.1, 0.15) is 12.6 Å². The van der Waals surface area contributed by atoms with E-state index in [0.717, 1.165) is 37.6 Å². The van der Waals surface area contributed by atoms with Gasteiger partial charge >= 0.3 is 0 Å². The number of rotatable bonds is 4. The lowest BCUT2D eigenvalue weighted by Gasteiger charge is -2.38. The third-order valence-electron chi connectivity index (χ3n) is 3.17. The number of nitrogens with zero attached hydrogens (tertiary/aromatic N) is 2. The van der Waals surface area contributed by atoms with Crippen molar-refractivity contribution in [1.82, 2.24) is 14.7 Å². The maximum absolute atomic E-state index is 5.23. The smallest absolute Gasteiger partial charge is 0.137 e. The molecule has 0 radical (unpaired) electrons. The average Bonchev–Trinajstić information content (AvgIpc) is 2.69. The van der Waals surface area contributed by atoms with Crippen LogP contribution in [0.5, 0.6) is 0 Å². The highest BCUT2D eigenvalue weighted by molar-refractivity contribution is 5.39. The SMILES string of the molecule is CC1(CNCc2cn3ccccc3n2)COC1. The molecular weight excluding hydrogens is 214 g/mol. The summed E-state index contributed by atoms with van der Waals surface area (Å²) < 4.78 is 7.28. The first kappa shape index (κ1) is 10.7. The highest BCUT2D eigenvalue weighted by Crippen LogP contribution is 2.25. The zero-order valence-electron chi connectivity index (χ0n) is 10.0. The molecule has 0 bridgehead atoms. The molecule has 0 saturated carbocycles. The molecule has 0 amide bonds. The molecule has 0 aliphatic carbocycles. The zero-order valence-corrected chi connectivity index (χ0v) is 10.0.